The number of urea groups is 1. The molecule has 24 heavy (non-hydrogen) atoms. The highest BCUT2D eigenvalue weighted by Gasteiger charge is 2.46. The first kappa shape index (κ1) is 17.0. The van der Waals surface area contributed by atoms with E-state index in [2.05, 4.69) is 16.0 Å². The monoisotopic (exact) mass is 336 g/mol. The van der Waals surface area contributed by atoms with Gasteiger partial charge in [-0.1, -0.05) is 32.6 Å². The summed E-state index contributed by atoms with van der Waals surface area (Å²) in [4.78, 5) is 38.5. The van der Waals surface area contributed by atoms with Gasteiger partial charge in [0.2, 0.25) is 11.8 Å². The summed E-state index contributed by atoms with van der Waals surface area (Å²) in [5.74, 6) is -0.108. The molecule has 0 aromatic rings. The highest BCUT2D eigenvalue weighted by atomic mass is 16.2. The number of amides is 4. The van der Waals surface area contributed by atoms with Gasteiger partial charge in [-0.25, -0.2) is 4.79 Å². The van der Waals surface area contributed by atoms with Crippen molar-refractivity contribution in [2.24, 2.45) is 0 Å². The van der Waals surface area contributed by atoms with Gasteiger partial charge in [0.1, 0.15) is 12.1 Å². The average Bonchev–Trinajstić information content (AvgIpc) is 2.98. The van der Waals surface area contributed by atoms with E-state index in [4.69, 9.17) is 0 Å². The molecule has 134 valence electrons. The molecule has 4 amide bonds. The Bertz CT molecular complexity index is 504. The van der Waals surface area contributed by atoms with Crippen LogP contribution in [0.3, 0.4) is 0 Å². The van der Waals surface area contributed by atoms with Gasteiger partial charge in [-0.15, -0.1) is 0 Å². The Hall–Kier alpha value is -1.79. The molecule has 3 rings (SSSR count). The van der Waals surface area contributed by atoms with Gasteiger partial charge in [0, 0.05) is 12.6 Å². The van der Waals surface area contributed by atoms with E-state index in [1.165, 1.54) is 6.42 Å². The molecule has 7 nitrogen and oxygen atoms in total. The Morgan fingerprint density at radius 1 is 1.17 bits per heavy atom. The summed E-state index contributed by atoms with van der Waals surface area (Å²) < 4.78 is 0. The molecule has 1 aliphatic carbocycles. The molecule has 7 heteroatoms. The number of carbonyl (C=O) groups is 3. The van der Waals surface area contributed by atoms with E-state index in [0.717, 1.165) is 32.1 Å². The molecule has 0 radical (unpaired) electrons. The van der Waals surface area contributed by atoms with Crippen LogP contribution in [0, 0.1) is 0 Å². The highest BCUT2D eigenvalue weighted by molar-refractivity contribution is 5.97. The molecule has 3 aliphatic rings. The van der Waals surface area contributed by atoms with Crippen LogP contribution >= 0.6 is 0 Å². The Balaban J connectivity index is 1.53. The summed E-state index contributed by atoms with van der Waals surface area (Å²) in [5.41, 5.74) is 0. The van der Waals surface area contributed by atoms with Crippen LogP contribution in [-0.2, 0) is 9.59 Å². The summed E-state index contributed by atoms with van der Waals surface area (Å²) >= 11 is 0. The quantitative estimate of drug-likeness (QED) is 0.712. The van der Waals surface area contributed by atoms with Crippen molar-refractivity contribution >= 4 is 17.8 Å². The molecule has 2 saturated heterocycles. The Morgan fingerprint density at radius 2 is 1.88 bits per heavy atom. The molecule has 0 unspecified atom stereocenters. The number of carbonyl (C=O) groups excluding carboxylic acids is 3. The van der Waals surface area contributed by atoms with Crippen LogP contribution in [-0.4, -0.2) is 53.5 Å². The van der Waals surface area contributed by atoms with Crippen molar-refractivity contribution in [3.05, 3.63) is 0 Å². The zero-order chi connectivity index (χ0) is 17.1. The molecular formula is C17H28N4O3. The van der Waals surface area contributed by atoms with Gasteiger partial charge >= 0.3 is 6.03 Å². The lowest BCUT2D eigenvalue weighted by molar-refractivity contribution is -0.147. The molecule has 1 saturated carbocycles. The van der Waals surface area contributed by atoms with Crippen LogP contribution in [0.4, 0.5) is 4.79 Å². The first-order chi connectivity index (χ1) is 11.6. The third-order valence-corrected chi connectivity index (χ3v) is 5.35. The van der Waals surface area contributed by atoms with E-state index in [0.29, 0.717) is 19.4 Å². The normalized spacial score (nSPS) is 30.7. The maximum absolute atomic E-state index is 12.5. The van der Waals surface area contributed by atoms with Crippen molar-refractivity contribution in [2.45, 2.75) is 82.5 Å². The smallest absolute Gasteiger partial charge is 0.315 e. The number of hydrogen-bond acceptors (Lipinski definition) is 3. The predicted octanol–water partition coefficient (Wildman–Crippen LogP) is 0.886. The third-order valence-electron chi connectivity index (χ3n) is 5.35. The maximum Gasteiger partial charge on any atom is 0.315 e. The van der Waals surface area contributed by atoms with Gasteiger partial charge in [-0.05, 0) is 25.7 Å². The Kier molecular flexibility index (Phi) is 5.26. The fraction of sp³-hybridized carbons (Fsp3) is 0.824. The topological polar surface area (TPSA) is 90.5 Å². The lowest BCUT2D eigenvalue weighted by atomic mass is 9.96. The van der Waals surface area contributed by atoms with Crippen LogP contribution in [0.1, 0.15) is 58.3 Å². The van der Waals surface area contributed by atoms with Gasteiger partial charge in [0.05, 0.1) is 6.04 Å². The van der Waals surface area contributed by atoms with Crippen LogP contribution in [0.2, 0.25) is 0 Å². The van der Waals surface area contributed by atoms with E-state index in [9.17, 15) is 14.4 Å². The van der Waals surface area contributed by atoms with E-state index < -0.39 is 12.1 Å². The molecule has 3 fully saturated rings. The number of piperazine rings is 1. The van der Waals surface area contributed by atoms with Gasteiger partial charge in [-0.3, -0.25) is 9.59 Å². The Morgan fingerprint density at radius 3 is 2.58 bits per heavy atom. The molecular weight excluding hydrogens is 308 g/mol. The molecule has 2 heterocycles. The minimum absolute atomic E-state index is 0.0153. The molecule has 3 atom stereocenters. The average molecular weight is 336 g/mol. The third kappa shape index (κ3) is 3.65. The fourth-order valence-corrected chi connectivity index (χ4v) is 4.11. The van der Waals surface area contributed by atoms with E-state index in [-0.39, 0.29) is 29.9 Å². The van der Waals surface area contributed by atoms with Crippen molar-refractivity contribution in [1.29, 1.82) is 0 Å². The van der Waals surface area contributed by atoms with Crippen molar-refractivity contribution in [1.82, 2.24) is 20.9 Å². The van der Waals surface area contributed by atoms with Crippen LogP contribution in [0.15, 0.2) is 0 Å². The molecule has 0 aromatic heterocycles. The highest BCUT2D eigenvalue weighted by Crippen LogP contribution is 2.24. The Labute approximate surface area is 142 Å². The number of rotatable bonds is 4. The van der Waals surface area contributed by atoms with E-state index >= 15 is 0 Å². The second kappa shape index (κ2) is 7.40. The van der Waals surface area contributed by atoms with Crippen LogP contribution < -0.4 is 16.0 Å². The lowest BCUT2D eigenvalue weighted by Gasteiger charge is -2.34. The zero-order valence-electron chi connectivity index (χ0n) is 14.3. The first-order valence-electron chi connectivity index (χ1n) is 9.26. The molecule has 3 N–H and O–H groups in total. The SMILES string of the molecule is CCC[C@@H]1NC(=O)[C@@H]2C[C@H](NC(=O)NC3CCCCC3)CN2C1=O. The summed E-state index contributed by atoms with van der Waals surface area (Å²) in [6.07, 6.45) is 7.65. The number of fused-ring (bicyclic) bond motifs is 1. The van der Waals surface area contributed by atoms with Crippen molar-refractivity contribution in [3.8, 4) is 0 Å². The molecule has 0 spiro atoms. The maximum atomic E-state index is 12.5. The van der Waals surface area contributed by atoms with Crippen molar-refractivity contribution < 1.29 is 14.4 Å². The summed E-state index contributed by atoms with van der Waals surface area (Å²) in [6, 6.07) is -0.931. The summed E-state index contributed by atoms with van der Waals surface area (Å²) in [7, 11) is 0. The predicted molar refractivity (Wildman–Crippen MR) is 89.3 cm³/mol. The molecule has 0 bridgehead atoms. The number of hydrogen-bond donors (Lipinski definition) is 3. The lowest BCUT2D eigenvalue weighted by Crippen LogP contribution is -2.61. The zero-order valence-corrected chi connectivity index (χ0v) is 14.3. The van der Waals surface area contributed by atoms with Gasteiger partial charge in [0.25, 0.3) is 0 Å². The minimum Gasteiger partial charge on any atom is -0.343 e. The molecule has 0 aromatic carbocycles. The van der Waals surface area contributed by atoms with Crippen LogP contribution in [0.5, 0.6) is 0 Å². The van der Waals surface area contributed by atoms with Gasteiger partial charge in [-0.2, -0.15) is 0 Å². The summed E-state index contributed by atoms with van der Waals surface area (Å²) in [6.45, 7) is 2.42. The second-order valence-corrected chi connectivity index (χ2v) is 7.24. The van der Waals surface area contributed by atoms with E-state index in [1.807, 2.05) is 6.92 Å². The van der Waals surface area contributed by atoms with Crippen molar-refractivity contribution in [3.63, 3.8) is 0 Å². The van der Waals surface area contributed by atoms with Gasteiger partial charge < -0.3 is 20.9 Å². The number of nitrogens with zero attached hydrogens (tertiary/aromatic N) is 1. The summed E-state index contributed by atoms with van der Waals surface area (Å²) in [5, 5.41) is 8.79. The van der Waals surface area contributed by atoms with E-state index in [1.54, 1.807) is 4.90 Å². The second-order valence-electron chi connectivity index (χ2n) is 7.24. The van der Waals surface area contributed by atoms with Gasteiger partial charge in [0.15, 0.2) is 0 Å². The number of nitrogens with one attached hydrogen (secondary N) is 3. The van der Waals surface area contributed by atoms with Crippen LogP contribution in [0.25, 0.3) is 0 Å². The first-order valence-corrected chi connectivity index (χ1v) is 9.26. The minimum atomic E-state index is -0.439. The van der Waals surface area contributed by atoms with Crippen molar-refractivity contribution in [2.75, 3.05) is 6.54 Å². The molecule has 2 aliphatic heterocycles. The standard InChI is InChI=1S/C17H28N4O3/c1-2-6-13-16(23)21-10-12(9-14(21)15(22)20-13)19-17(24)18-11-7-4-3-5-8-11/h11-14H,2-10H2,1H3,(H,20,22)(H2,18,19,24)/t12-,13-,14-/m0/s1. The largest absolute Gasteiger partial charge is 0.343 e. The fourth-order valence-electron chi connectivity index (χ4n) is 4.11.